The number of aromatic nitrogens is 2. The quantitative estimate of drug-likeness (QED) is 0.266. The molecule has 7 nitrogen and oxygen atoms in total. The van der Waals surface area contributed by atoms with Gasteiger partial charge in [0.2, 0.25) is 0 Å². The van der Waals surface area contributed by atoms with Crippen LogP contribution in [-0.4, -0.2) is 58.6 Å². The van der Waals surface area contributed by atoms with Crippen LogP contribution in [0.3, 0.4) is 0 Å². The lowest BCUT2D eigenvalue weighted by molar-refractivity contribution is 0.109. The lowest BCUT2D eigenvalue weighted by Gasteiger charge is -2.39. The van der Waals surface area contributed by atoms with E-state index in [1.165, 1.54) is 0 Å². The summed E-state index contributed by atoms with van der Waals surface area (Å²) >= 11 is 0. The van der Waals surface area contributed by atoms with Crippen molar-refractivity contribution in [3.8, 4) is 17.1 Å². The van der Waals surface area contributed by atoms with Crippen molar-refractivity contribution in [1.29, 1.82) is 0 Å². The molecule has 1 aromatic carbocycles. The minimum Gasteiger partial charge on any atom is -0.504 e. The lowest BCUT2D eigenvalue weighted by atomic mass is 9.85. The smallest absolute Gasteiger partial charge is 0.316 e. The van der Waals surface area contributed by atoms with E-state index in [0.717, 1.165) is 33.6 Å². The molecule has 0 aliphatic heterocycles. The molecule has 1 aliphatic rings. The van der Waals surface area contributed by atoms with E-state index in [1.807, 2.05) is 32.0 Å². The Morgan fingerprint density at radius 2 is 1.25 bits per heavy atom. The van der Waals surface area contributed by atoms with Crippen molar-refractivity contribution in [3.05, 3.63) is 40.7 Å². The molecule has 222 valence electrons. The minimum absolute atomic E-state index is 0.0515. The third kappa shape index (κ3) is 6.64. The molecule has 9 heteroatoms. The van der Waals surface area contributed by atoms with Crippen molar-refractivity contribution in [1.82, 2.24) is 9.97 Å². The van der Waals surface area contributed by atoms with Crippen LogP contribution in [0.1, 0.15) is 64.1 Å². The first-order valence-corrected chi connectivity index (χ1v) is 20.0. The monoisotopic (exact) mass is 586 g/mol. The van der Waals surface area contributed by atoms with Crippen LogP contribution in [-0.2, 0) is 13.6 Å². The number of aliphatic hydroxyl groups is 1. The number of aryl methyl sites for hydroxylation is 2. The van der Waals surface area contributed by atoms with Gasteiger partial charge in [-0.1, -0.05) is 59.7 Å². The number of hydrogen-bond donors (Lipinski definition) is 1. The Labute approximate surface area is 243 Å². The number of hydrogen-bond acceptors (Lipinski definition) is 7. The second kappa shape index (κ2) is 11.6. The Kier molecular flexibility index (Phi) is 9.36. The average molecular weight is 587 g/mol. The fourth-order valence-electron chi connectivity index (χ4n) is 4.15. The number of nitrogens with zero attached hydrogens (tertiary/aromatic N) is 2. The summed E-state index contributed by atoms with van der Waals surface area (Å²) in [7, 11) is -2.30. The van der Waals surface area contributed by atoms with E-state index in [1.54, 1.807) is 7.11 Å². The van der Waals surface area contributed by atoms with Crippen LogP contribution in [0.2, 0.25) is 36.3 Å². The molecule has 1 aliphatic carbocycles. The maximum Gasteiger partial charge on any atom is 0.316 e. The predicted octanol–water partition coefficient (Wildman–Crippen LogP) is 8.14. The van der Waals surface area contributed by atoms with E-state index < -0.39 is 16.6 Å². The third-order valence-electron chi connectivity index (χ3n) is 8.90. The second-order valence-corrected chi connectivity index (χ2v) is 23.6. The highest BCUT2D eigenvalue weighted by atomic mass is 28.4. The van der Waals surface area contributed by atoms with E-state index in [9.17, 15) is 5.11 Å². The molecule has 0 bridgehead atoms. The zero-order chi connectivity index (χ0) is 30.3. The summed E-state index contributed by atoms with van der Waals surface area (Å²) in [6, 6.07) is 6.22. The number of fused-ring (bicyclic) bond motifs is 1. The first-order valence-electron chi connectivity index (χ1n) is 14.2. The Balaban J connectivity index is 1.81. The molecule has 1 aromatic heterocycles. The van der Waals surface area contributed by atoms with Crippen LogP contribution in [0.15, 0.2) is 18.2 Å². The highest BCUT2D eigenvalue weighted by Gasteiger charge is 2.40. The van der Waals surface area contributed by atoms with Crippen molar-refractivity contribution in [2.24, 2.45) is 5.92 Å². The van der Waals surface area contributed by atoms with Crippen molar-refractivity contribution in [2.75, 3.05) is 26.9 Å². The van der Waals surface area contributed by atoms with Crippen molar-refractivity contribution in [3.63, 3.8) is 0 Å². The van der Waals surface area contributed by atoms with Gasteiger partial charge in [0.25, 0.3) is 0 Å². The third-order valence-corrected chi connectivity index (χ3v) is 17.9. The Morgan fingerprint density at radius 3 is 1.70 bits per heavy atom. The van der Waals surface area contributed by atoms with Crippen LogP contribution < -0.4 is 4.74 Å². The molecule has 1 heterocycles. The van der Waals surface area contributed by atoms with Crippen molar-refractivity contribution in [2.45, 2.75) is 91.7 Å². The molecule has 0 atom stereocenters. The fourth-order valence-corrected chi connectivity index (χ4v) is 6.32. The standard InChI is InChI=1S/C31H50N2O5Si2/c1-20-25(23-15-14-16-24-26(23)27(34)28(24)35-9)21(2)33-29(32-20)36-17-22(18-37-39(10,11)30(3,4)5)19-38-40(12,13)31(6,7)8/h14-16,22,34H,17-19H2,1-13H3. The molecule has 0 radical (unpaired) electrons. The maximum absolute atomic E-state index is 10.6. The van der Waals surface area contributed by atoms with Gasteiger partial charge in [0.05, 0.1) is 25.1 Å². The van der Waals surface area contributed by atoms with Gasteiger partial charge in [0.15, 0.2) is 28.2 Å². The summed E-state index contributed by atoms with van der Waals surface area (Å²) in [5.74, 6) is 0.730. The van der Waals surface area contributed by atoms with Crippen molar-refractivity contribution < 1.29 is 23.4 Å². The highest BCUT2D eigenvalue weighted by molar-refractivity contribution is 6.74. The number of aliphatic hydroxyl groups excluding tert-OH is 1. The van der Waals surface area contributed by atoms with Crippen LogP contribution in [0, 0.1) is 19.8 Å². The van der Waals surface area contributed by atoms with E-state index >= 15 is 0 Å². The van der Waals surface area contributed by atoms with E-state index in [0.29, 0.717) is 31.6 Å². The number of benzene rings is 1. The molecule has 0 unspecified atom stereocenters. The van der Waals surface area contributed by atoms with Gasteiger partial charge in [0.1, 0.15) is 0 Å². The largest absolute Gasteiger partial charge is 0.504 e. The summed E-state index contributed by atoms with van der Waals surface area (Å²) < 4.78 is 24.7. The maximum atomic E-state index is 10.6. The van der Waals surface area contributed by atoms with Crippen molar-refractivity contribution >= 4 is 28.2 Å². The molecule has 0 saturated heterocycles. The molecule has 3 rings (SSSR count). The molecule has 2 aromatic rings. The predicted molar refractivity (Wildman–Crippen MR) is 169 cm³/mol. The summed E-state index contributed by atoms with van der Waals surface area (Å²) in [5.41, 5.74) is 5.03. The highest BCUT2D eigenvalue weighted by Crippen LogP contribution is 2.45. The van der Waals surface area contributed by atoms with Crippen LogP contribution in [0.25, 0.3) is 22.6 Å². The molecular formula is C31H50N2O5Si2. The summed E-state index contributed by atoms with van der Waals surface area (Å²) in [6.07, 6.45) is 0. The summed E-state index contributed by atoms with van der Waals surface area (Å²) in [5, 5.41) is 10.8. The van der Waals surface area contributed by atoms with Crippen LogP contribution in [0.4, 0.5) is 0 Å². The fraction of sp³-hybridized carbons (Fsp3) is 0.613. The number of rotatable bonds is 11. The molecule has 1 N–H and O–H groups in total. The first-order chi connectivity index (χ1) is 18.3. The minimum atomic E-state index is -1.93. The van der Waals surface area contributed by atoms with Gasteiger partial charge >= 0.3 is 6.01 Å². The van der Waals surface area contributed by atoms with Gasteiger partial charge in [-0.05, 0) is 55.7 Å². The van der Waals surface area contributed by atoms with Gasteiger partial charge in [-0.2, -0.15) is 9.97 Å². The molecular weight excluding hydrogens is 537 g/mol. The zero-order valence-corrected chi connectivity index (χ0v) is 28.9. The SMILES string of the molecule is COC1=C(O)c2c1cccc2-c1c(C)nc(OCC(CO[Si](C)(C)C(C)(C)C)CO[Si](C)(C)C(C)(C)C)nc1C. The van der Waals surface area contributed by atoms with E-state index in [-0.39, 0.29) is 21.8 Å². The first kappa shape index (κ1) is 32.3. The van der Waals surface area contributed by atoms with E-state index in [2.05, 4.69) is 67.7 Å². The van der Waals surface area contributed by atoms with Crippen LogP contribution >= 0.6 is 0 Å². The number of ether oxygens (including phenoxy) is 2. The van der Waals surface area contributed by atoms with Gasteiger partial charge in [-0.3, -0.25) is 0 Å². The van der Waals surface area contributed by atoms with Gasteiger partial charge in [-0.15, -0.1) is 0 Å². The zero-order valence-electron chi connectivity index (χ0n) is 26.9. The molecule has 0 spiro atoms. The molecule has 0 fully saturated rings. The second-order valence-electron chi connectivity index (χ2n) is 14.0. The topological polar surface area (TPSA) is 82.9 Å². The van der Waals surface area contributed by atoms with E-state index in [4.69, 9.17) is 28.3 Å². The Bertz CT molecular complexity index is 1210. The molecule has 0 saturated carbocycles. The number of methoxy groups -OCH3 is 1. The summed E-state index contributed by atoms with van der Waals surface area (Å²) in [4.78, 5) is 9.42. The Morgan fingerprint density at radius 1 is 0.775 bits per heavy atom. The van der Waals surface area contributed by atoms with Gasteiger partial charge in [-0.25, -0.2) is 0 Å². The molecule has 0 amide bonds. The Hall–Kier alpha value is -2.21. The average Bonchev–Trinajstić information content (AvgIpc) is 2.81. The van der Waals surface area contributed by atoms with Gasteiger partial charge in [0, 0.05) is 35.8 Å². The molecule has 40 heavy (non-hydrogen) atoms. The summed E-state index contributed by atoms with van der Waals surface area (Å²) in [6.45, 7) is 28.1. The van der Waals surface area contributed by atoms with Gasteiger partial charge < -0.3 is 23.4 Å². The lowest BCUT2D eigenvalue weighted by Crippen LogP contribution is -2.45. The van der Waals surface area contributed by atoms with Crippen LogP contribution in [0.5, 0.6) is 6.01 Å². The normalized spacial score (nSPS) is 14.3.